The summed E-state index contributed by atoms with van der Waals surface area (Å²) in [5, 5.41) is 10.4. The molecular formula is C16H33NO. The first-order valence-electron chi connectivity index (χ1n) is 7.85. The highest BCUT2D eigenvalue weighted by molar-refractivity contribution is 4.92. The molecule has 0 aromatic heterocycles. The van der Waals surface area contributed by atoms with Crippen LogP contribution in [-0.4, -0.2) is 34.7 Å². The molecule has 1 N–H and O–H groups in total. The van der Waals surface area contributed by atoms with E-state index in [9.17, 15) is 5.11 Å². The Balaban J connectivity index is 2.74. The maximum Gasteiger partial charge on any atom is 0.0695 e. The predicted octanol–water partition coefficient (Wildman–Crippen LogP) is 3.83. The van der Waals surface area contributed by atoms with Crippen molar-refractivity contribution in [1.29, 1.82) is 0 Å². The minimum atomic E-state index is -0.121. The maximum absolute atomic E-state index is 10.4. The Hall–Kier alpha value is -0.0800. The summed E-state index contributed by atoms with van der Waals surface area (Å²) < 4.78 is 0. The number of nitrogens with zero attached hydrogens (tertiary/aromatic N) is 1. The van der Waals surface area contributed by atoms with Crippen LogP contribution in [0.3, 0.4) is 0 Å². The fourth-order valence-corrected chi connectivity index (χ4v) is 3.16. The molecule has 0 aliphatic heterocycles. The normalized spacial score (nSPS) is 29.5. The first-order chi connectivity index (χ1) is 8.41. The molecule has 0 bridgehead atoms. The Labute approximate surface area is 114 Å². The number of hydrogen-bond donors (Lipinski definition) is 1. The minimum absolute atomic E-state index is 0.121. The highest BCUT2D eigenvalue weighted by Crippen LogP contribution is 2.38. The predicted molar refractivity (Wildman–Crippen MR) is 78.8 cm³/mol. The monoisotopic (exact) mass is 255 g/mol. The second-order valence-electron chi connectivity index (χ2n) is 6.89. The summed E-state index contributed by atoms with van der Waals surface area (Å²) >= 11 is 0. The SMILES string of the molecule is CCCCN(C(C)CC)C1CC(C)(C)CCC1O. The van der Waals surface area contributed by atoms with E-state index in [0.717, 1.165) is 25.8 Å². The average Bonchev–Trinajstić information content (AvgIpc) is 2.33. The quantitative estimate of drug-likeness (QED) is 0.780. The van der Waals surface area contributed by atoms with Gasteiger partial charge in [0.1, 0.15) is 0 Å². The van der Waals surface area contributed by atoms with Crippen molar-refractivity contribution < 1.29 is 5.11 Å². The van der Waals surface area contributed by atoms with Crippen molar-refractivity contribution in [2.75, 3.05) is 6.54 Å². The van der Waals surface area contributed by atoms with Gasteiger partial charge in [-0.2, -0.15) is 0 Å². The molecule has 1 rings (SSSR count). The van der Waals surface area contributed by atoms with Gasteiger partial charge < -0.3 is 5.11 Å². The molecule has 1 saturated carbocycles. The van der Waals surface area contributed by atoms with Gasteiger partial charge in [-0.25, -0.2) is 0 Å². The van der Waals surface area contributed by atoms with Crippen molar-refractivity contribution in [2.24, 2.45) is 5.41 Å². The molecule has 2 nitrogen and oxygen atoms in total. The van der Waals surface area contributed by atoms with Gasteiger partial charge in [-0.15, -0.1) is 0 Å². The van der Waals surface area contributed by atoms with Crippen molar-refractivity contribution in [3.05, 3.63) is 0 Å². The van der Waals surface area contributed by atoms with Crippen LogP contribution in [0, 0.1) is 5.41 Å². The average molecular weight is 255 g/mol. The van der Waals surface area contributed by atoms with Gasteiger partial charge >= 0.3 is 0 Å². The zero-order valence-corrected chi connectivity index (χ0v) is 13.1. The summed E-state index contributed by atoms with van der Waals surface area (Å²) in [4.78, 5) is 2.58. The molecular weight excluding hydrogens is 222 g/mol. The van der Waals surface area contributed by atoms with E-state index in [1.807, 2.05) is 0 Å². The zero-order chi connectivity index (χ0) is 13.8. The Morgan fingerprint density at radius 2 is 2.00 bits per heavy atom. The highest BCUT2D eigenvalue weighted by Gasteiger charge is 2.38. The fraction of sp³-hybridized carbons (Fsp3) is 1.00. The van der Waals surface area contributed by atoms with Crippen molar-refractivity contribution in [3.63, 3.8) is 0 Å². The van der Waals surface area contributed by atoms with Gasteiger partial charge in [-0.05, 0) is 51.0 Å². The molecule has 0 amide bonds. The first-order valence-corrected chi connectivity index (χ1v) is 7.85. The molecule has 3 unspecified atom stereocenters. The Kier molecular flexibility index (Phi) is 6.13. The Morgan fingerprint density at radius 3 is 2.56 bits per heavy atom. The third-order valence-electron chi connectivity index (χ3n) is 4.68. The molecule has 0 spiro atoms. The van der Waals surface area contributed by atoms with Crippen LogP contribution in [0.25, 0.3) is 0 Å². The molecule has 0 radical (unpaired) electrons. The smallest absolute Gasteiger partial charge is 0.0695 e. The van der Waals surface area contributed by atoms with Crippen LogP contribution in [0.1, 0.15) is 73.1 Å². The summed E-state index contributed by atoms with van der Waals surface area (Å²) in [5.74, 6) is 0. The maximum atomic E-state index is 10.4. The van der Waals surface area contributed by atoms with Crippen molar-refractivity contribution in [2.45, 2.75) is 91.3 Å². The van der Waals surface area contributed by atoms with Gasteiger partial charge in [-0.1, -0.05) is 34.1 Å². The lowest BCUT2D eigenvalue weighted by atomic mass is 9.73. The second kappa shape index (κ2) is 6.91. The largest absolute Gasteiger partial charge is 0.391 e. The Bertz CT molecular complexity index is 239. The summed E-state index contributed by atoms with van der Waals surface area (Å²) in [6.07, 6.45) is 6.80. The fourth-order valence-electron chi connectivity index (χ4n) is 3.16. The van der Waals surface area contributed by atoms with Crippen LogP contribution in [0.5, 0.6) is 0 Å². The van der Waals surface area contributed by atoms with E-state index in [4.69, 9.17) is 0 Å². The van der Waals surface area contributed by atoms with Crippen LogP contribution >= 0.6 is 0 Å². The lowest BCUT2D eigenvalue weighted by Crippen LogP contribution is -2.52. The topological polar surface area (TPSA) is 23.5 Å². The van der Waals surface area contributed by atoms with Gasteiger partial charge in [0.05, 0.1) is 6.10 Å². The number of aliphatic hydroxyl groups excluding tert-OH is 1. The zero-order valence-electron chi connectivity index (χ0n) is 13.1. The molecule has 108 valence electrons. The molecule has 18 heavy (non-hydrogen) atoms. The van der Waals surface area contributed by atoms with Crippen LogP contribution < -0.4 is 0 Å². The molecule has 1 fully saturated rings. The van der Waals surface area contributed by atoms with E-state index in [1.54, 1.807) is 0 Å². The summed E-state index contributed by atoms with van der Waals surface area (Å²) in [7, 11) is 0. The molecule has 0 aromatic carbocycles. The van der Waals surface area contributed by atoms with Crippen molar-refractivity contribution >= 4 is 0 Å². The molecule has 0 heterocycles. The van der Waals surface area contributed by atoms with Gasteiger partial charge in [0.15, 0.2) is 0 Å². The summed E-state index contributed by atoms with van der Waals surface area (Å²) in [5.41, 5.74) is 0.391. The minimum Gasteiger partial charge on any atom is -0.391 e. The standard InChI is InChI=1S/C16H33NO/c1-6-8-11-17(13(3)7-2)14-12-16(4,5)10-9-15(14)18/h13-15,18H,6-12H2,1-5H3. The van der Waals surface area contributed by atoms with E-state index < -0.39 is 0 Å². The molecule has 3 atom stereocenters. The number of rotatable bonds is 6. The van der Waals surface area contributed by atoms with E-state index in [2.05, 4.69) is 39.5 Å². The van der Waals surface area contributed by atoms with Crippen LogP contribution in [0.4, 0.5) is 0 Å². The van der Waals surface area contributed by atoms with Gasteiger partial charge in [0.25, 0.3) is 0 Å². The summed E-state index contributed by atoms with van der Waals surface area (Å²) in [6.45, 7) is 12.6. The molecule has 0 aromatic rings. The lowest BCUT2D eigenvalue weighted by Gasteiger charge is -2.46. The number of hydrogen-bond acceptors (Lipinski definition) is 2. The number of unbranched alkanes of at least 4 members (excludes halogenated alkanes) is 1. The van der Waals surface area contributed by atoms with Crippen LogP contribution in [0.15, 0.2) is 0 Å². The molecule has 2 heteroatoms. The molecule has 0 saturated heterocycles. The first kappa shape index (κ1) is 16.0. The summed E-state index contributed by atoms with van der Waals surface area (Å²) in [6, 6.07) is 0.959. The second-order valence-corrected chi connectivity index (χ2v) is 6.89. The van der Waals surface area contributed by atoms with Crippen LogP contribution in [0.2, 0.25) is 0 Å². The van der Waals surface area contributed by atoms with Gasteiger partial charge in [-0.3, -0.25) is 4.90 Å². The number of aliphatic hydroxyl groups is 1. The van der Waals surface area contributed by atoms with Gasteiger partial charge in [0.2, 0.25) is 0 Å². The highest BCUT2D eigenvalue weighted by atomic mass is 16.3. The molecule has 1 aliphatic rings. The van der Waals surface area contributed by atoms with Crippen molar-refractivity contribution in [1.82, 2.24) is 4.90 Å². The lowest BCUT2D eigenvalue weighted by molar-refractivity contribution is -0.0328. The van der Waals surface area contributed by atoms with Crippen LogP contribution in [-0.2, 0) is 0 Å². The Morgan fingerprint density at radius 1 is 1.33 bits per heavy atom. The molecule has 1 aliphatic carbocycles. The van der Waals surface area contributed by atoms with E-state index in [0.29, 0.717) is 17.5 Å². The third-order valence-corrected chi connectivity index (χ3v) is 4.68. The van der Waals surface area contributed by atoms with E-state index in [-0.39, 0.29) is 6.10 Å². The van der Waals surface area contributed by atoms with Gasteiger partial charge in [0, 0.05) is 12.1 Å². The van der Waals surface area contributed by atoms with Crippen molar-refractivity contribution in [3.8, 4) is 0 Å². The van der Waals surface area contributed by atoms with E-state index >= 15 is 0 Å². The van der Waals surface area contributed by atoms with E-state index in [1.165, 1.54) is 19.3 Å². The third kappa shape index (κ3) is 4.24.